The molecule has 0 amide bonds. The third-order valence-corrected chi connectivity index (χ3v) is 4.62. The van der Waals surface area contributed by atoms with E-state index >= 15 is 0 Å². The Labute approximate surface area is 137 Å². The Morgan fingerprint density at radius 2 is 1.04 bits per heavy atom. The predicted molar refractivity (Wildman–Crippen MR) is 59.8 cm³/mol. The smallest absolute Gasteiger partial charge is 0.194 e. The van der Waals surface area contributed by atoms with Gasteiger partial charge in [0.2, 0.25) is 0 Å². The molecule has 0 saturated heterocycles. The lowest BCUT2D eigenvalue weighted by atomic mass is 9.86. The van der Waals surface area contributed by atoms with Gasteiger partial charge < -0.3 is 0 Å². The monoisotopic (exact) mass is 412 g/mol. The van der Waals surface area contributed by atoms with E-state index in [1.807, 2.05) is 0 Å². The van der Waals surface area contributed by atoms with Gasteiger partial charge in [-0.2, -0.15) is 57.1 Å². The van der Waals surface area contributed by atoms with Gasteiger partial charge >= 0.3 is 35.8 Å². The van der Waals surface area contributed by atoms with Gasteiger partial charge in [0.15, 0.2) is 0 Å². The second-order valence-electron chi connectivity index (χ2n) is 6.26. The number of fused-ring (bicyclic) bond motifs is 2. The molecule has 26 heavy (non-hydrogen) atoms. The highest BCUT2D eigenvalue weighted by Gasteiger charge is 2.91. The third kappa shape index (κ3) is 2.44. The molecule has 0 aromatic carbocycles. The Kier molecular flexibility index (Phi) is 4.41. The Balaban J connectivity index is 2.52. The molecule has 152 valence electrons. The summed E-state index contributed by atoms with van der Waals surface area (Å²) in [6, 6.07) is 0. The fraction of sp³-hybridized carbons (Fsp3) is 0.846. The summed E-state index contributed by atoms with van der Waals surface area (Å²) in [7, 11) is 0. The summed E-state index contributed by atoms with van der Waals surface area (Å²) < 4.78 is 170. The Morgan fingerprint density at radius 3 is 1.38 bits per heavy atom. The summed E-state index contributed by atoms with van der Waals surface area (Å²) in [6.07, 6.45) is -8.35. The van der Waals surface area contributed by atoms with E-state index in [-0.39, 0.29) is 19.3 Å². The molecular formula is C13H9F13. The number of rotatable bonds is 5. The first-order valence-corrected chi connectivity index (χ1v) is 6.99. The Morgan fingerprint density at radius 1 is 0.577 bits per heavy atom. The van der Waals surface area contributed by atoms with Crippen molar-refractivity contribution in [3.8, 4) is 0 Å². The molecule has 13 heteroatoms. The van der Waals surface area contributed by atoms with Crippen molar-refractivity contribution in [2.45, 2.75) is 61.5 Å². The van der Waals surface area contributed by atoms with Crippen molar-refractivity contribution in [3.63, 3.8) is 0 Å². The van der Waals surface area contributed by atoms with Crippen LogP contribution in [0.25, 0.3) is 0 Å². The standard InChI is InChI=1S/C13H9F13/c14-8(15,7-4-5-1-2-6(7)3-5)9(16,17)10(18,19)11(20,21)12(22,23)13(24,25)26/h5H,1-4H2. The molecule has 2 rings (SSSR count). The molecule has 1 saturated carbocycles. The van der Waals surface area contributed by atoms with Crippen LogP contribution >= 0.6 is 0 Å². The fourth-order valence-corrected chi connectivity index (χ4v) is 3.12. The zero-order valence-electron chi connectivity index (χ0n) is 12.3. The number of hydrogen-bond acceptors (Lipinski definition) is 0. The van der Waals surface area contributed by atoms with Crippen LogP contribution in [0.15, 0.2) is 11.1 Å². The second kappa shape index (κ2) is 5.43. The van der Waals surface area contributed by atoms with Gasteiger partial charge in [0.25, 0.3) is 0 Å². The minimum Gasteiger partial charge on any atom is -0.194 e. The van der Waals surface area contributed by atoms with Gasteiger partial charge in [-0.3, -0.25) is 0 Å². The molecular weight excluding hydrogens is 403 g/mol. The van der Waals surface area contributed by atoms with Gasteiger partial charge in [-0.1, -0.05) is 5.57 Å². The summed E-state index contributed by atoms with van der Waals surface area (Å²) >= 11 is 0. The minimum absolute atomic E-state index is 0.179. The van der Waals surface area contributed by atoms with Crippen LogP contribution < -0.4 is 0 Å². The molecule has 1 fully saturated rings. The molecule has 0 radical (unpaired) electrons. The van der Waals surface area contributed by atoms with Crippen molar-refractivity contribution in [1.29, 1.82) is 0 Å². The van der Waals surface area contributed by atoms with Crippen LogP contribution in [-0.4, -0.2) is 35.8 Å². The highest BCUT2D eigenvalue weighted by molar-refractivity contribution is 5.34. The molecule has 0 aliphatic heterocycles. The van der Waals surface area contributed by atoms with Crippen LogP contribution in [0, 0.1) is 5.92 Å². The molecule has 1 atom stereocenters. The van der Waals surface area contributed by atoms with E-state index in [2.05, 4.69) is 0 Å². The largest absolute Gasteiger partial charge is 0.460 e. The van der Waals surface area contributed by atoms with E-state index in [0.717, 1.165) is 0 Å². The number of hydrogen-bond donors (Lipinski definition) is 0. The molecule has 0 spiro atoms. The average molecular weight is 412 g/mol. The van der Waals surface area contributed by atoms with E-state index in [0.29, 0.717) is 0 Å². The van der Waals surface area contributed by atoms with Crippen molar-refractivity contribution < 1.29 is 57.1 Å². The normalized spacial score (nSPS) is 23.2. The first kappa shape index (κ1) is 21.1. The first-order chi connectivity index (χ1) is 11.3. The summed E-state index contributed by atoms with van der Waals surface area (Å²) in [5, 5.41) is 0. The summed E-state index contributed by atoms with van der Waals surface area (Å²) in [4.78, 5) is 0. The lowest BCUT2D eigenvalue weighted by Gasteiger charge is -2.40. The van der Waals surface area contributed by atoms with Crippen LogP contribution in [0.2, 0.25) is 0 Å². The van der Waals surface area contributed by atoms with E-state index in [4.69, 9.17) is 0 Å². The van der Waals surface area contributed by atoms with Crippen molar-refractivity contribution in [3.05, 3.63) is 11.1 Å². The lowest BCUT2D eigenvalue weighted by molar-refractivity contribution is -0.437. The number of allylic oxidation sites excluding steroid dienone is 2. The Hall–Kier alpha value is -1.17. The van der Waals surface area contributed by atoms with Crippen molar-refractivity contribution in [1.82, 2.24) is 0 Å². The number of halogens is 13. The predicted octanol–water partition coefficient (Wildman–Crippen LogP) is 6.23. The fourth-order valence-electron chi connectivity index (χ4n) is 3.12. The molecule has 0 heterocycles. The average Bonchev–Trinajstić information content (AvgIpc) is 3.07. The summed E-state index contributed by atoms with van der Waals surface area (Å²) in [5.41, 5.74) is -2.01. The first-order valence-electron chi connectivity index (χ1n) is 6.99. The van der Waals surface area contributed by atoms with Crippen LogP contribution in [0.4, 0.5) is 57.1 Å². The summed E-state index contributed by atoms with van der Waals surface area (Å²) in [6.45, 7) is 0. The quantitative estimate of drug-likeness (QED) is 0.371. The minimum atomic E-state index is -7.83. The van der Waals surface area contributed by atoms with Crippen LogP contribution in [0.1, 0.15) is 25.7 Å². The van der Waals surface area contributed by atoms with Crippen LogP contribution in [0.5, 0.6) is 0 Å². The molecule has 0 N–H and O–H groups in total. The van der Waals surface area contributed by atoms with Gasteiger partial charge in [-0.25, -0.2) is 0 Å². The van der Waals surface area contributed by atoms with E-state index in [1.165, 1.54) is 0 Å². The van der Waals surface area contributed by atoms with E-state index < -0.39 is 59.3 Å². The maximum atomic E-state index is 13.9. The molecule has 2 bridgehead atoms. The van der Waals surface area contributed by atoms with Gasteiger partial charge in [0, 0.05) is 5.57 Å². The Bertz CT molecular complexity index is 610. The highest BCUT2D eigenvalue weighted by atomic mass is 19.4. The van der Waals surface area contributed by atoms with Gasteiger partial charge in [-0.05, 0) is 31.6 Å². The topological polar surface area (TPSA) is 0 Å². The number of alkyl halides is 13. The molecule has 0 nitrogen and oxygen atoms in total. The van der Waals surface area contributed by atoms with Crippen molar-refractivity contribution >= 4 is 0 Å². The van der Waals surface area contributed by atoms with E-state index in [9.17, 15) is 57.1 Å². The van der Waals surface area contributed by atoms with Gasteiger partial charge in [0.05, 0.1) is 0 Å². The van der Waals surface area contributed by atoms with Crippen molar-refractivity contribution in [2.24, 2.45) is 5.92 Å². The second-order valence-corrected chi connectivity index (χ2v) is 6.26. The zero-order chi connectivity index (χ0) is 20.6. The lowest BCUT2D eigenvalue weighted by Crippen LogP contribution is -2.70. The van der Waals surface area contributed by atoms with Crippen LogP contribution in [-0.2, 0) is 0 Å². The highest BCUT2D eigenvalue weighted by Crippen LogP contribution is 2.63. The van der Waals surface area contributed by atoms with Crippen LogP contribution in [0.3, 0.4) is 0 Å². The SMILES string of the molecule is FC(F)(F)C(F)(F)C(F)(F)C(F)(F)C(F)(F)C(F)(F)C1=C2CCC(C2)C1. The van der Waals surface area contributed by atoms with Gasteiger partial charge in [0.1, 0.15) is 0 Å². The maximum absolute atomic E-state index is 13.9. The zero-order valence-corrected chi connectivity index (χ0v) is 12.3. The molecule has 0 aromatic heterocycles. The summed E-state index contributed by atoms with van der Waals surface area (Å²) in [5.74, 6) is -37.0. The maximum Gasteiger partial charge on any atom is 0.460 e. The molecule has 2 aliphatic rings. The van der Waals surface area contributed by atoms with Crippen molar-refractivity contribution in [2.75, 3.05) is 0 Å². The molecule has 2 aliphatic carbocycles. The third-order valence-electron chi connectivity index (χ3n) is 4.62. The van der Waals surface area contributed by atoms with E-state index in [1.54, 1.807) is 0 Å². The molecule has 1 unspecified atom stereocenters. The van der Waals surface area contributed by atoms with Gasteiger partial charge in [-0.15, -0.1) is 0 Å². The molecule has 0 aromatic rings.